The van der Waals surface area contributed by atoms with Crippen LogP contribution in [0, 0.1) is 0 Å². The molecule has 114 valence electrons. The molecule has 0 radical (unpaired) electrons. The number of nitrogens with zero attached hydrogens (tertiary/aromatic N) is 1. The van der Waals surface area contributed by atoms with Gasteiger partial charge in [0.1, 0.15) is 6.04 Å². The SMILES string of the molecule is C=CCN(CC=C)CCC(=O)NC(CCSC)C(=O)O. The van der Waals surface area contributed by atoms with Crippen molar-refractivity contribution in [3.8, 4) is 0 Å². The van der Waals surface area contributed by atoms with E-state index < -0.39 is 12.0 Å². The minimum Gasteiger partial charge on any atom is -0.480 e. The zero-order valence-electron chi connectivity index (χ0n) is 12.0. The van der Waals surface area contributed by atoms with Crippen molar-refractivity contribution >= 4 is 23.6 Å². The number of carbonyl (C=O) groups excluding carboxylic acids is 1. The molecule has 1 atom stereocenters. The lowest BCUT2D eigenvalue weighted by molar-refractivity contribution is -0.141. The summed E-state index contributed by atoms with van der Waals surface area (Å²) in [5.74, 6) is -0.519. The number of hydrogen-bond donors (Lipinski definition) is 2. The Kier molecular flexibility index (Phi) is 10.8. The van der Waals surface area contributed by atoms with Gasteiger partial charge < -0.3 is 10.4 Å². The molecule has 0 spiro atoms. The maximum Gasteiger partial charge on any atom is 0.326 e. The van der Waals surface area contributed by atoms with E-state index in [2.05, 4.69) is 18.5 Å². The third-order valence-electron chi connectivity index (χ3n) is 2.67. The van der Waals surface area contributed by atoms with Gasteiger partial charge in [0.25, 0.3) is 0 Å². The van der Waals surface area contributed by atoms with Gasteiger partial charge in [-0.05, 0) is 18.4 Å². The van der Waals surface area contributed by atoms with Crippen LogP contribution in [-0.2, 0) is 9.59 Å². The lowest BCUT2D eigenvalue weighted by atomic mass is 10.2. The molecule has 0 aromatic rings. The molecule has 0 fully saturated rings. The van der Waals surface area contributed by atoms with E-state index in [1.807, 2.05) is 11.2 Å². The third kappa shape index (κ3) is 8.77. The Morgan fingerprint density at radius 2 is 1.95 bits per heavy atom. The quantitative estimate of drug-likeness (QED) is 0.533. The summed E-state index contributed by atoms with van der Waals surface area (Å²) in [4.78, 5) is 24.8. The molecule has 0 aliphatic rings. The zero-order chi connectivity index (χ0) is 15.4. The van der Waals surface area contributed by atoms with E-state index in [1.54, 1.807) is 23.9 Å². The number of carbonyl (C=O) groups is 2. The summed E-state index contributed by atoms with van der Waals surface area (Å²) in [7, 11) is 0. The smallest absolute Gasteiger partial charge is 0.326 e. The number of thioether (sulfide) groups is 1. The molecular formula is C14H24N2O3S. The second kappa shape index (κ2) is 11.5. The van der Waals surface area contributed by atoms with Crippen molar-refractivity contribution in [2.24, 2.45) is 0 Å². The summed E-state index contributed by atoms with van der Waals surface area (Å²) < 4.78 is 0. The minimum absolute atomic E-state index is 0.239. The molecular weight excluding hydrogens is 276 g/mol. The van der Waals surface area contributed by atoms with Crippen LogP contribution in [0.3, 0.4) is 0 Å². The predicted octanol–water partition coefficient (Wildman–Crippen LogP) is 1.37. The fourth-order valence-corrected chi connectivity index (χ4v) is 2.11. The molecule has 0 aromatic heterocycles. The summed E-state index contributed by atoms with van der Waals surface area (Å²) in [5, 5.41) is 11.6. The topological polar surface area (TPSA) is 69.6 Å². The summed E-state index contributed by atoms with van der Waals surface area (Å²) >= 11 is 1.56. The lowest BCUT2D eigenvalue weighted by Gasteiger charge is -2.19. The third-order valence-corrected chi connectivity index (χ3v) is 3.32. The van der Waals surface area contributed by atoms with E-state index in [0.29, 0.717) is 31.8 Å². The Bertz CT molecular complexity index is 324. The number of nitrogens with one attached hydrogen (secondary N) is 1. The van der Waals surface area contributed by atoms with Gasteiger partial charge >= 0.3 is 5.97 Å². The van der Waals surface area contributed by atoms with Gasteiger partial charge in [-0.3, -0.25) is 9.69 Å². The van der Waals surface area contributed by atoms with Gasteiger partial charge in [-0.15, -0.1) is 13.2 Å². The Hall–Kier alpha value is -1.27. The van der Waals surface area contributed by atoms with Crippen molar-refractivity contribution < 1.29 is 14.7 Å². The van der Waals surface area contributed by atoms with E-state index in [1.165, 1.54) is 0 Å². The van der Waals surface area contributed by atoms with Gasteiger partial charge in [-0.1, -0.05) is 12.2 Å². The van der Waals surface area contributed by atoms with Crippen molar-refractivity contribution in [1.82, 2.24) is 10.2 Å². The molecule has 1 amide bonds. The van der Waals surface area contributed by atoms with E-state index in [0.717, 1.165) is 0 Å². The van der Waals surface area contributed by atoms with Crippen molar-refractivity contribution in [3.63, 3.8) is 0 Å². The zero-order valence-corrected chi connectivity index (χ0v) is 12.8. The Morgan fingerprint density at radius 1 is 1.35 bits per heavy atom. The molecule has 0 saturated heterocycles. The number of hydrogen-bond acceptors (Lipinski definition) is 4. The monoisotopic (exact) mass is 300 g/mol. The van der Waals surface area contributed by atoms with Gasteiger partial charge in [0.2, 0.25) is 5.91 Å². The predicted molar refractivity (Wildman–Crippen MR) is 84.0 cm³/mol. The van der Waals surface area contributed by atoms with Gasteiger partial charge in [0.15, 0.2) is 0 Å². The molecule has 20 heavy (non-hydrogen) atoms. The molecule has 0 heterocycles. The first-order chi connectivity index (χ1) is 9.54. The summed E-state index contributed by atoms with van der Waals surface area (Å²) in [5.41, 5.74) is 0. The maximum absolute atomic E-state index is 11.8. The highest BCUT2D eigenvalue weighted by Crippen LogP contribution is 2.02. The van der Waals surface area contributed by atoms with Crippen LogP contribution in [0.15, 0.2) is 25.3 Å². The highest BCUT2D eigenvalue weighted by atomic mass is 32.2. The van der Waals surface area contributed by atoms with Crippen LogP contribution < -0.4 is 5.32 Å². The molecule has 6 heteroatoms. The molecule has 0 aliphatic heterocycles. The van der Waals surface area contributed by atoms with Crippen LogP contribution in [0.2, 0.25) is 0 Å². The molecule has 0 aromatic carbocycles. The molecule has 0 aliphatic carbocycles. The Labute approximate surface area is 125 Å². The normalized spacial score (nSPS) is 11.9. The summed E-state index contributed by atoms with van der Waals surface area (Å²) in [6.45, 7) is 9.22. The van der Waals surface area contributed by atoms with E-state index in [9.17, 15) is 9.59 Å². The molecule has 2 N–H and O–H groups in total. The Morgan fingerprint density at radius 3 is 2.40 bits per heavy atom. The average molecular weight is 300 g/mol. The first-order valence-corrected chi connectivity index (χ1v) is 7.89. The first-order valence-electron chi connectivity index (χ1n) is 6.50. The maximum atomic E-state index is 11.8. The van der Waals surface area contributed by atoms with Crippen LogP contribution in [-0.4, -0.2) is 59.6 Å². The van der Waals surface area contributed by atoms with E-state index >= 15 is 0 Å². The summed E-state index contributed by atoms with van der Waals surface area (Å²) in [6.07, 6.45) is 6.14. The van der Waals surface area contributed by atoms with Crippen LogP contribution in [0.1, 0.15) is 12.8 Å². The highest BCUT2D eigenvalue weighted by Gasteiger charge is 2.19. The number of carboxylic acid groups (broad SMARTS) is 1. The second-order valence-corrected chi connectivity index (χ2v) is 5.31. The van der Waals surface area contributed by atoms with Gasteiger partial charge in [-0.25, -0.2) is 4.79 Å². The molecule has 0 rings (SSSR count). The molecule has 0 bridgehead atoms. The summed E-state index contributed by atoms with van der Waals surface area (Å²) in [6, 6.07) is -0.804. The van der Waals surface area contributed by atoms with Crippen molar-refractivity contribution in [1.29, 1.82) is 0 Å². The molecule has 0 saturated carbocycles. The van der Waals surface area contributed by atoms with Gasteiger partial charge in [0.05, 0.1) is 0 Å². The number of amides is 1. The largest absolute Gasteiger partial charge is 0.480 e. The number of aliphatic carboxylic acids is 1. The fraction of sp³-hybridized carbons (Fsp3) is 0.571. The van der Waals surface area contributed by atoms with Crippen LogP contribution in [0.5, 0.6) is 0 Å². The van der Waals surface area contributed by atoms with Crippen LogP contribution in [0.25, 0.3) is 0 Å². The van der Waals surface area contributed by atoms with Crippen molar-refractivity contribution in [2.45, 2.75) is 18.9 Å². The van der Waals surface area contributed by atoms with Gasteiger partial charge in [0, 0.05) is 26.1 Å². The van der Waals surface area contributed by atoms with Gasteiger partial charge in [-0.2, -0.15) is 11.8 Å². The second-order valence-electron chi connectivity index (χ2n) is 4.33. The number of rotatable bonds is 12. The van der Waals surface area contributed by atoms with E-state index in [4.69, 9.17) is 5.11 Å². The lowest BCUT2D eigenvalue weighted by Crippen LogP contribution is -2.42. The highest BCUT2D eigenvalue weighted by molar-refractivity contribution is 7.98. The van der Waals surface area contributed by atoms with Crippen LogP contribution in [0.4, 0.5) is 0 Å². The fourth-order valence-electron chi connectivity index (χ4n) is 1.64. The van der Waals surface area contributed by atoms with Crippen molar-refractivity contribution in [3.05, 3.63) is 25.3 Å². The minimum atomic E-state index is -0.985. The van der Waals surface area contributed by atoms with Crippen molar-refractivity contribution in [2.75, 3.05) is 31.6 Å². The average Bonchev–Trinajstić information content (AvgIpc) is 2.41. The molecule has 1 unspecified atom stereocenters. The number of carboxylic acids is 1. The van der Waals surface area contributed by atoms with E-state index in [-0.39, 0.29) is 12.3 Å². The standard InChI is InChI=1S/C14H24N2O3S/c1-4-8-16(9-5-2)10-6-13(17)15-12(14(18)19)7-11-20-3/h4-5,12H,1-2,6-11H2,3H3,(H,15,17)(H,18,19). The molecule has 5 nitrogen and oxygen atoms in total. The van der Waals surface area contributed by atoms with Crippen LogP contribution >= 0.6 is 11.8 Å². The Balaban J connectivity index is 4.19. The first kappa shape index (κ1) is 18.7.